The van der Waals surface area contributed by atoms with Gasteiger partial charge >= 0.3 is 5.97 Å². The van der Waals surface area contributed by atoms with Crippen molar-refractivity contribution in [2.45, 2.75) is 43.4 Å². The Bertz CT molecular complexity index is 690. The number of hydrogen-bond acceptors (Lipinski definition) is 5. The number of benzene rings is 1. The molecule has 0 radical (unpaired) electrons. The van der Waals surface area contributed by atoms with E-state index in [0.29, 0.717) is 23.4 Å². The Morgan fingerprint density at radius 1 is 1.52 bits per heavy atom. The molecule has 23 heavy (non-hydrogen) atoms. The Labute approximate surface area is 138 Å². The highest BCUT2D eigenvalue weighted by molar-refractivity contribution is 6.32. The van der Waals surface area contributed by atoms with Crippen LogP contribution in [0.5, 0.6) is 0 Å². The molecule has 1 aliphatic heterocycles. The largest absolute Gasteiger partial charge is 0.481 e. The molecule has 1 saturated carbocycles. The number of carboxylic acids is 1. The summed E-state index contributed by atoms with van der Waals surface area (Å²) < 4.78 is 5.59. The predicted octanol–water partition coefficient (Wildman–Crippen LogP) is 1.89. The summed E-state index contributed by atoms with van der Waals surface area (Å²) in [7, 11) is 0. The topological polar surface area (TPSA) is 102 Å². The van der Waals surface area contributed by atoms with Gasteiger partial charge in [-0.2, -0.15) is 0 Å². The lowest BCUT2D eigenvalue weighted by atomic mass is 9.73. The third kappa shape index (κ3) is 2.72. The molecule has 6 nitrogen and oxygen atoms in total. The number of nitrogens with two attached hydrogens (primary N) is 1. The Kier molecular flexibility index (Phi) is 4.12. The number of carbonyl (C=O) groups is 2. The van der Waals surface area contributed by atoms with Gasteiger partial charge in [-0.05, 0) is 25.3 Å². The lowest BCUT2D eigenvalue weighted by Gasteiger charge is -2.42. The number of fused-ring (bicyclic) bond motifs is 2. The van der Waals surface area contributed by atoms with Crippen molar-refractivity contribution in [2.24, 2.45) is 10.7 Å². The van der Waals surface area contributed by atoms with E-state index in [1.807, 2.05) is 0 Å². The van der Waals surface area contributed by atoms with Gasteiger partial charge in [0.25, 0.3) is 0 Å². The first-order valence-corrected chi connectivity index (χ1v) is 7.85. The highest BCUT2D eigenvalue weighted by Crippen LogP contribution is 2.44. The van der Waals surface area contributed by atoms with E-state index in [9.17, 15) is 9.59 Å². The van der Waals surface area contributed by atoms with Gasteiger partial charge in [-0.15, -0.1) is 0 Å². The van der Waals surface area contributed by atoms with E-state index < -0.39 is 23.7 Å². The molecule has 0 saturated heterocycles. The molecule has 1 aliphatic carbocycles. The molecule has 3 atom stereocenters. The highest BCUT2D eigenvalue weighted by Gasteiger charge is 2.52. The number of ketones is 1. The molecule has 2 bridgehead atoms. The molecule has 0 spiro atoms. The normalized spacial score (nSPS) is 27.8. The van der Waals surface area contributed by atoms with Crippen molar-refractivity contribution in [3.63, 3.8) is 0 Å². The van der Waals surface area contributed by atoms with Gasteiger partial charge in [-0.3, -0.25) is 9.59 Å². The summed E-state index contributed by atoms with van der Waals surface area (Å²) in [5.74, 6) is -1.06. The summed E-state index contributed by atoms with van der Waals surface area (Å²) in [6.45, 7) is 0. The molecule has 2 aliphatic rings. The van der Waals surface area contributed by atoms with Crippen molar-refractivity contribution in [2.75, 3.05) is 0 Å². The Balaban J connectivity index is 2.09. The van der Waals surface area contributed by atoms with Crippen LogP contribution in [0.15, 0.2) is 29.3 Å². The van der Waals surface area contributed by atoms with Gasteiger partial charge < -0.3 is 15.6 Å². The Morgan fingerprint density at radius 3 is 2.96 bits per heavy atom. The second-order valence-electron chi connectivity index (χ2n) is 5.86. The lowest BCUT2D eigenvalue weighted by molar-refractivity contribution is -0.138. The van der Waals surface area contributed by atoms with Gasteiger partial charge in [-0.25, -0.2) is 4.99 Å². The molecule has 122 valence electrons. The fourth-order valence-electron chi connectivity index (χ4n) is 3.22. The maximum Gasteiger partial charge on any atom is 0.305 e. The zero-order valence-corrected chi connectivity index (χ0v) is 13.1. The number of aliphatic imine (C=N–C) groups is 1. The van der Waals surface area contributed by atoms with Crippen molar-refractivity contribution >= 4 is 29.3 Å². The maximum absolute atomic E-state index is 12.8. The van der Waals surface area contributed by atoms with E-state index in [0.717, 1.165) is 6.42 Å². The van der Waals surface area contributed by atoms with Crippen LogP contribution in [-0.2, 0) is 19.9 Å². The molecule has 0 unspecified atom stereocenters. The van der Waals surface area contributed by atoms with Gasteiger partial charge in [0.05, 0.1) is 12.5 Å². The predicted molar refractivity (Wildman–Crippen MR) is 84.5 cm³/mol. The third-order valence-electron chi connectivity index (χ3n) is 4.30. The minimum Gasteiger partial charge on any atom is -0.481 e. The van der Waals surface area contributed by atoms with E-state index in [1.54, 1.807) is 24.3 Å². The zero-order chi connectivity index (χ0) is 16.6. The zero-order valence-electron chi connectivity index (χ0n) is 12.4. The quantitative estimate of drug-likeness (QED) is 0.874. The number of halogens is 1. The number of rotatable bonds is 4. The van der Waals surface area contributed by atoms with Gasteiger partial charge in [-0.1, -0.05) is 29.8 Å². The molecule has 7 heteroatoms. The number of carboxylic acid groups (broad SMARTS) is 1. The molecule has 3 N–H and O–H groups in total. The lowest BCUT2D eigenvalue weighted by Crippen LogP contribution is -2.54. The fraction of sp³-hybridized carbons (Fsp3) is 0.438. The molecular weight excluding hydrogens is 320 g/mol. The van der Waals surface area contributed by atoms with Gasteiger partial charge in [0.15, 0.2) is 11.6 Å². The van der Waals surface area contributed by atoms with Crippen LogP contribution in [0.25, 0.3) is 0 Å². The van der Waals surface area contributed by atoms with E-state index in [1.165, 1.54) is 0 Å². The molecule has 0 aromatic heterocycles. The van der Waals surface area contributed by atoms with Crippen molar-refractivity contribution in [1.82, 2.24) is 0 Å². The van der Waals surface area contributed by atoms with Crippen LogP contribution in [0, 0.1) is 0 Å². The minimum absolute atomic E-state index is 0.122. The highest BCUT2D eigenvalue weighted by atomic mass is 35.5. The SMILES string of the molecule is N[C@@H](CC(=O)O)C1=N[C@@]2(c3ccccc3Cl)CCC[C@@H](O1)C2=O. The van der Waals surface area contributed by atoms with Crippen LogP contribution in [0.4, 0.5) is 0 Å². The van der Waals surface area contributed by atoms with Gasteiger partial charge in [0, 0.05) is 10.6 Å². The summed E-state index contributed by atoms with van der Waals surface area (Å²) >= 11 is 6.29. The molecule has 1 aromatic carbocycles. The monoisotopic (exact) mass is 336 g/mol. The van der Waals surface area contributed by atoms with E-state index in [4.69, 9.17) is 27.2 Å². The molecule has 1 aromatic rings. The average molecular weight is 337 g/mol. The summed E-state index contributed by atoms with van der Waals surface area (Å²) in [5.41, 5.74) is 5.40. The molecular formula is C16H17ClN2O4. The van der Waals surface area contributed by atoms with Gasteiger partial charge in [0.1, 0.15) is 0 Å². The van der Waals surface area contributed by atoms with Crippen LogP contribution < -0.4 is 5.73 Å². The second-order valence-corrected chi connectivity index (χ2v) is 6.26. The van der Waals surface area contributed by atoms with Crippen LogP contribution in [0.2, 0.25) is 5.02 Å². The molecule has 1 fully saturated rings. The first-order valence-electron chi connectivity index (χ1n) is 7.47. The van der Waals surface area contributed by atoms with Crippen molar-refractivity contribution in [1.29, 1.82) is 0 Å². The van der Waals surface area contributed by atoms with Crippen molar-refractivity contribution in [3.05, 3.63) is 34.9 Å². The minimum atomic E-state index is -1.12. The first-order chi connectivity index (χ1) is 10.9. The van der Waals surface area contributed by atoms with E-state index in [2.05, 4.69) is 4.99 Å². The summed E-state index contributed by atoms with van der Waals surface area (Å²) in [6, 6.07) is 6.19. The second kappa shape index (κ2) is 5.94. The number of hydrogen-bond donors (Lipinski definition) is 2. The summed E-state index contributed by atoms with van der Waals surface area (Å²) in [4.78, 5) is 28.2. The van der Waals surface area contributed by atoms with E-state index in [-0.39, 0.29) is 18.1 Å². The van der Waals surface area contributed by atoms with Crippen LogP contribution in [0.3, 0.4) is 0 Å². The summed E-state index contributed by atoms with van der Waals surface area (Å²) in [5, 5.41) is 9.37. The Morgan fingerprint density at radius 2 is 2.26 bits per heavy atom. The van der Waals surface area contributed by atoms with E-state index >= 15 is 0 Å². The Hall–Kier alpha value is -1.92. The fourth-order valence-corrected chi connectivity index (χ4v) is 3.51. The van der Waals surface area contributed by atoms with Crippen molar-refractivity contribution in [3.8, 4) is 0 Å². The van der Waals surface area contributed by atoms with Crippen LogP contribution in [0.1, 0.15) is 31.2 Å². The first kappa shape index (κ1) is 16.0. The smallest absolute Gasteiger partial charge is 0.305 e. The number of aliphatic carboxylic acids is 1. The van der Waals surface area contributed by atoms with Crippen molar-refractivity contribution < 1.29 is 19.4 Å². The standard InChI is InChI=1S/C16H17ClN2O4/c17-10-5-2-1-4-9(10)16-7-3-6-12(14(16)22)23-15(19-16)11(18)8-13(20)21/h1-2,4-5,11-12H,3,6-8,18H2,(H,20,21)/t11-,12+,16+/m0/s1. The molecule has 0 amide bonds. The summed E-state index contributed by atoms with van der Waals surface area (Å²) in [6.07, 6.45) is 0.903. The number of carbonyl (C=O) groups excluding carboxylic acids is 1. The average Bonchev–Trinajstić information content (AvgIpc) is 2.47. The van der Waals surface area contributed by atoms with Crippen LogP contribution >= 0.6 is 11.6 Å². The molecule has 1 heterocycles. The number of Topliss-reactive ketones (excluding diaryl/α,β-unsaturated/α-hetero) is 1. The number of nitrogens with zero attached hydrogens (tertiary/aromatic N) is 1. The molecule has 3 rings (SSSR count). The maximum atomic E-state index is 12.8. The third-order valence-corrected chi connectivity index (χ3v) is 4.63. The van der Waals surface area contributed by atoms with Crippen LogP contribution in [-0.4, -0.2) is 34.9 Å². The number of ether oxygens (including phenoxy) is 1. The van der Waals surface area contributed by atoms with Gasteiger partial charge in [0.2, 0.25) is 11.7 Å².